The fraction of sp³-hybridized carbons (Fsp3) is 0.312. The van der Waals surface area contributed by atoms with Crippen LogP contribution in [-0.2, 0) is 16.9 Å². The zero-order valence-electron chi connectivity index (χ0n) is 11.6. The quantitative estimate of drug-likeness (QED) is 0.606. The number of hydrogen-bond acceptors (Lipinski definition) is 2. The lowest BCUT2D eigenvalue weighted by Crippen LogP contribution is -2.21. The van der Waals surface area contributed by atoms with E-state index in [9.17, 15) is 4.79 Å². The highest BCUT2D eigenvalue weighted by Gasteiger charge is 2.27. The van der Waals surface area contributed by atoms with Crippen LogP contribution >= 0.6 is 0 Å². The van der Waals surface area contributed by atoms with Gasteiger partial charge in [-0.2, -0.15) is 0 Å². The summed E-state index contributed by atoms with van der Waals surface area (Å²) in [5.74, 6) is 0. The molecule has 0 saturated carbocycles. The van der Waals surface area contributed by atoms with Gasteiger partial charge in [0.25, 0.3) is 0 Å². The Hall–Kier alpha value is -1.87. The van der Waals surface area contributed by atoms with Gasteiger partial charge in [0.2, 0.25) is 0 Å². The maximum absolute atomic E-state index is 11.5. The molecule has 2 rings (SSSR count). The fourth-order valence-electron chi connectivity index (χ4n) is 2.50. The molecule has 100 valence electrons. The number of nitrogens with zero attached hydrogens (tertiary/aromatic N) is 1. The summed E-state index contributed by atoms with van der Waals surface area (Å²) in [6, 6.07) is 7.88. The van der Waals surface area contributed by atoms with Crippen molar-refractivity contribution in [3.05, 3.63) is 48.2 Å². The minimum Gasteiger partial charge on any atom is -0.364 e. The van der Waals surface area contributed by atoms with Crippen molar-refractivity contribution in [3.63, 3.8) is 0 Å². The predicted molar refractivity (Wildman–Crippen MR) is 77.6 cm³/mol. The second-order valence-corrected chi connectivity index (χ2v) is 5.17. The van der Waals surface area contributed by atoms with E-state index in [0.29, 0.717) is 6.73 Å². The third kappa shape index (κ3) is 2.10. The van der Waals surface area contributed by atoms with E-state index in [1.807, 2.05) is 48.8 Å². The van der Waals surface area contributed by atoms with Gasteiger partial charge >= 0.3 is 0 Å². The molecule has 0 unspecified atom stereocenters. The Kier molecular flexibility index (Phi) is 3.58. The predicted octanol–water partition coefficient (Wildman–Crippen LogP) is 3.52. The van der Waals surface area contributed by atoms with Crippen LogP contribution in [0.2, 0.25) is 0 Å². The number of carbonyl (C=O) groups excluding carboxylic acids is 1. The van der Waals surface area contributed by atoms with Gasteiger partial charge in [0.1, 0.15) is 6.73 Å². The van der Waals surface area contributed by atoms with Gasteiger partial charge in [-0.3, -0.25) is 4.79 Å². The smallest absolute Gasteiger partial charge is 0.152 e. The minimum atomic E-state index is -0.298. The minimum absolute atomic E-state index is 0.298. The molecule has 1 heterocycles. The van der Waals surface area contributed by atoms with Crippen molar-refractivity contribution in [1.29, 1.82) is 0 Å². The zero-order chi connectivity index (χ0) is 14.0. The van der Waals surface area contributed by atoms with Crippen LogP contribution in [-0.4, -0.2) is 18.0 Å². The number of aldehydes is 1. The summed E-state index contributed by atoms with van der Waals surface area (Å²) < 4.78 is 7.33. The van der Waals surface area contributed by atoms with Gasteiger partial charge in [0, 0.05) is 29.2 Å². The Labute approximate surface area is 113 Å². The Morgan fingerprint density at radius 1 is 1.37 bits per heavy atom. The molecule has 3 heteroatoms. The molecule has 0 aliphatic heterocycles. The number of rotatable bonds is 5. The van der Waals surface area contributed by atoms with E-state index in [-0.39, 0.29) is 5.41 Å². The molecular weight excluding hydrogens is 238 g/mol. The van der Waals surface area contributed by atoms with Crippen molar-refractivity contribution in [2.45, 2.75) is 26.0 Å². The number of allylic oxidation sites excluding steroid dienone is 1. The number of carbonyl (C=O) groups is 1. The standard InChI is InChI=1S/C16H19NO2/c1-5-16(2,3)15-13(10-18)12-8-6-7-9-14(12)17(15)11-19-4/h5-10H,1,11H2,2-4H3. The molecule has 0 aliphatic carbocycles. The summed E-state index contributed by atoms with van der Waals surface area (Å²) in [6.45, 7) is 8.40. The van der Waals surface area contributed by atoms with E-state index < -0.39 is 0 Å². The van der Waals surface area contributed by atoms with Crippen LogP contribution in [0.25, 0.3) is 10.9 Å². The molecule has 19 heavy (non-hydrogen) atoms. The molecule has 0 atom stereocenters. The summed E-state index contributed by atoms with van der Waals surface area (Å²) in [5.41, 5.74) is 2.38. The second kappa shape index (κ2) is 5.02. The molecule has 1 aromatic heterocycles. The number of hydrogen-bond donors (Lipinski definition) is 0. The monoisotopic (exact) mass is 257 g/mol. The number of para-hydroxylation sites is 1. The van der Waals surface area contributed by atoms with Gasteiger partial charge in [0.15, 0.2) is 6.29 Å². The van der Waals surface area contributed by atoms with E-state index in [0.717, 1.165) is 28.4 Å². The zero-order valence-corrected chi connectivity index (χ0v) is 11.6. The molecule has 0 N–H and O–H groups in total. The molecule has 0 saturated heterocycles. The second-order valence-electron chi connectivity index (χ2n) is 5.17. The van der Waals surface area contributed by atoms with E-state index >= 15 is 0 Å². The molecule has 0 bridgehead atoms. The van der Waals surface area contributed by atoms with E-state index in [4.69, 9.17) is 4.74 Å². The highest BCUT2D eigenvalue weighted by molar-refractivity contribution is 6.00. The van der Waals surface area contributed by atoms with Crippen molar-refractivity contribution >= 4 is 17.2 Å². The maximum atomic E-state index is 11.5. The lowest BCUT2D eigenvalue weighted by molar-refractivity contribution is 0.111. The molecule has 0 fully saturated rings. The summed E-state index contributed by atoms with van der Waals surface area (Å²) in [5, 5.41) is 0.958. The highest BCUT2D eigenvalue weighted by atomic mass is 16.5. The topological polar surface area (TPSA) is 31.2 Å². The van der Waals surface area contributed by atoms with Crippen LogP contribution in [0.5, 0.6) is 0 Å². The first-order chi connectivity index (χ1) is 9.06. The van der Waals surface area contributed by atoms with Crippen molar-refractivity contribution in [2.75, 3.05) is 7.11 Å². The average Bonchev–Trinajstić information content (AvgIpc) is 2.74. The van der Waals surface area contributed by atoms with Crippen LogP contribution in [0, 0.1) is 0 Å². The van der Waals surface area contributed by atoms with Crippen LogP contribution in [0.4, 0.5) is 0 Å². The number of methoxy groups -OCH3 is 1. The van der Waals surface area contributed by atoms with E-state index in [2.05, 4.69) is 6.58 Å². The summed E-state index contributed by atoms with van der Waals surface area (Å²) in [7, 11) is 1.65. The van der Waals surface area contributed by atoms with Gasteiger partial charge in [-0.15, -0.1) is 6.58 Å². The Morgan fingerprint density at radius 3 is 2.63 bits per heavy atom. The molecule has 2 aromatic rings. The first-order valence-electron chi connectivity index (χ1n) is 6.26. The Morgan fingerprint density at radius 2 is 2.05 bits per heavy atom. The van der Waals surface area contributed by atoms with Gasteiger partial charge < -0.3 is 9.30 Å². The first kappa shape index (κ1) is 13.6. The summed E-state index contributed by atoms with van der Waals surface area (Å²) in [4.78, 5) is 11.5. The van der Waals surface area contributed by atoms with Crippen molar-refractivity contribution in [2.24, 2.45) is 0 Å². The number of fused-ring (bicyclic) bond motifs is 1. The average molecular weight is 257 g/mol. The third-order valence-electron chi connectivity index (χ3n) is 3.51. The lowest BCUT2D eigenvalue weighted by atomic mass is 9.87. The maximum Gasteiger partial charge on any atom is 0.152 e. The number of aromatic nitrogens is 1. The van der Waals surface area contributed by atoms with Crippen molar-refractivity contribution < 1.29 is 9.53 Å². The largest absolute Gasteiger partial charge is 0.364 e. The molecule has 0 spiro atoms. The third-order valence-corrected chi connectivity index (χ3v) is 3.51. The molecule has 3 nitrogen and oxygen atoms in total. The fourth-order valence-corrected chi connectivity index (χ4v) is 2.50. The summed E-state index contributed by atoms with van der Waals surface area (Å²) in [6.07, 6.45) is 2.79. The summed E-state index contributed by atoms with van der Waals surface area (Å²) >= 11 is 0. The number of ether oxygens (including phenoxy) is 1. The highest BCUT2D eigenvalue weighted by Crippen LogP contribution is 2.34. The molecule has 1 aromatic carbocycles. The van der Waals surface area contributed by atoms with Gasteiger partial charge in [-0.05, 0) is 6.07 Å². The Balaban J connectivity index is 2.89. The molecule has 0 radical (unpaired) electrons. The van der Waals surface area contributed by atoms with Gasteiger partial charge in [-0.1, -0.05) is 38.1 Å². The van der Waals surface area contributed by atoms with Gasteiger partial charge in [0.05, 0.1) is 5.52 Å². The van der Waals surface area contributed by atoms with Crippen molar-refractivity contribution in [1.82, 2.24) is 4.57 Å². The lowest BCUT2D eigenvalue weighted by Gasteiger charge is -2.23. The van der Waals surface area contributed by atoms with E-state index in [1.165, 1.54) is 0 Å². The molecular formula is C16H19NO2. The van der Waals surface area contributed by atoms with Crippen LogP contribution in [0.3, 0.4) is 0 Å². The normalized spacial score (nSPS) is 11.7. The van der Waals surface area contributed by atoms with E-state index in [1.54, 1.807) is 7.11 Å². The molecule has 0 aliphatic rings. The van der Waals surface area contributed by atoms with Crippen LogP contribution in [0.1, 0.15) is 29.9 Å². The van der Waals surface area contributed by atoms with Crippen LogP contribution in [0.15, 0.2) is 36.9 Å². The number of benzene rings is 1. The Bertz CT molecular complexity index is 623. The van der Waals surface area contributed by atoms with Gasteiger partial charge in [-0.25, -0.2) is 0 Å². The van der Waals surface area contributed by atoms with Crippen LogP contribution < -0.4 is 0 Å². The molecule has 0 amide bonds. The van der Waals surface area contributed by atoms with Crippen molar-refractivity contribution in [3.8, 4) is 0 Å². The SMILES string of the molecule is C=CC(C)(C)c1c(C=O)c2ccccc2n1COC. The first-order valence-corrected chi connectivity index (χ1v) is 6.26.